The predicted octanol–water partition coefficient (Wildman–Crippen LogP) is 3.02. The first-order valence-corrected chi connectivity index (χ1v) is 8.32. The first-order valence-electron chi connectivity index (χ1n) is 8.32. The second-order valence-electron chi connectivity index (χ2n) is 5.91. The maximum Gasteiger partial charge on any atom is 0.341 e. The van der Waals surface area contributed by atoms with E-state index < -0.39 is 22.9 Å². The molecule has 0 radical (unpaired) electrons. The molecule has 0 saturated carbocycles. The van der Waals surface area contributed by atoms with Gasteiger partial charge in [0.1, 0.15) is 0 Å². The molecule has 0 bridgehead atoms. The zero-order valence-electron chi connectivity index (χ0n) is 15.5. The van der Waals surface area contributed by atoms with Crippen molar-refractivity contribution in [1.29, 1.82) is 0 Å². The van der Waals surface area contributed by atoms with Crippen LogP contribution in [0.3, 0.4) is 0 Å². The minimum atomic E-state index is -1.17. The van der Waals surface area contributed by atoms with Gasteiger partial charge < -0.3 is 15.4 Å². The van der Waals surface area contributed by atoms with E-state index in [4.69, 9.17) is 4.74 Å². The first kappa shape index (κ1) is 20.6. The molecule has 9 nitrogen and oxygen atoms in total. The summed E-state index contributed by atoms with van der Waals surface area (Å²) < 4.78 is 5.14. The molecule has 0 unspecified atom stereocenters. The number of Topliss-reactive ketones (excluding diaryl/α,β-unsaturated/α-hetero) is 1. The Balaban J connectivity index is 2.12. The van der Waals surface area contributed by atoms with Crippen LogP contribution in [-0.4, -0.2) is 35.7 Å². The molecule has 1 amide bonds. The molecule has 0 aromatic heterocycles. The van der Waals surface area contributed by atoms with Crippen molar-refractivity contribution in [2.24, 2.45) is 0 Å². The molecule has 2 N–H and O–H groups in total. The van der Waals surface area contributed by atoms with Crippen molar-refractivity contribution >= 4 is 34.7 Å². The highest BCUT2D eigenvalue weighted by molar-refractivity contribution is 6.01. The minimum Gasteiger partial charge on any atom is -0.449 e. The quantitative estimate of drug-likeness (QED) is 0.324. The third kappa shape index (κ3) is 4.91. The number of rotatable bonds is 7. The number of benzene rings is 2. The smallest absolute Gasteiger partial charge is 0.341 e. The number of non-ortho nitro benzene ring substituents is 1. The SMILES string of the molecule is CNc1ccc([N+](=O)[O-])cc1C(=O)O[C@@H](C)C(=O)Nc1cccc(C(C)=O)c1. The van der Waals surface area contributed by atoms with E-state index in [1.165, 1.54) is 32.0 Å². The molecule has 1 atom stereocenters. The highest BCUT2D eigenvalue weighted by Crippen LogP contribution is 2.23. The molecule has 146 valence electrons. The van der Waals surface area contributed by atoms with Gasteiger partial charge in [-0.25, -0.2) is 4.79 Å². The topological polar surface area (TPSA) is 128 Å². The molecule has 0 heterocycles. The Bertz CT molecular complexity index is 941. The van der Waals surface area contributed by atoms with Crippen molar-refractivity contribution < 1.29 is 24.0 Å². The summed E-state index contributed by atoms with van der Waals surface area (Å²) >= 11 is 0. The highest BCUT2D eigenvalue weighted by atomic mass is 16.6. The lowest BCUT2D eigenvalue weighted by atomic mass is 10.1. The van der Waals surface area contributed by atoms with E-state index in [0.29, 0.717) is 16.9 Å². The monoisotopic (exact) mass is 385 g/mol. The lowest BCUT2D eigenvalue weighted by Crippen LogP contribution is -2.30. The van der Waals surface area contributed by atoms with Crippen molar-refractivity contribution in [3.05, 3.63) is 63.7 Å². The fourth-order valence-corrected chi connectivity index (χ4v) is 2.37. The van der Waals surface area contributed by atoms with Gasteiger partial charge >= 0.3 is 5.97 Å². The van der Waals surface area contributed by atoms with Crippen LogP contribution in [0, 0.1) is 10.1 Å². The van der Waals surface area contributed by atoms with Crippen LogP contribution in [0.25, 0.3) is 0 Å². The number of hydrogen-bond donors (Lipinski definition) is 2. The van der Waals surface area contributed by atoms with Gasteiger partial charge in [0, 0.05) is 36.1 Å². The van der Waals surface area contributed by atoms with Crippen molar-refractivity contribution in [2.75, 3.05) is 17.7 Å². The lowest BCUT2D eigenvalue weighted by Gasteiger charge is -2.15. The third-order valence-electron chi connectivity index (χ3n) is 3.89. The van der Waals surface area contributed by atoms with E-state index in [0.717, 1.165) is 6.07 Å². The average molecular weight is 385 g/mol. The minimum absolute atomic E-state index is 0.0603. The van der Waals surface area contributed by atoms with Gasteiger partial charge in [-0.05, 0) is 32.0 Å². The lowest BCUT2D eigenvalue weighted by molar-refractivity contribution is -0.384. The fraction of sp³-hybridized carbons (Fsp3) is 0.211. The van der Waals surface area contributed by atoms with Crippen LogP contribution in [0.15, 0.2) is 42.5 Å². The van der Waals surface area contributed by atoms with E-state index in [1.807, 2.05) is 0 Å². The van der Waals surface area contributed by atoms with Gasteiger partial charge in [0.25, 0.3) is 11.6 Å². The van der Waals surface area contributed by atoms with Crippen LogP contribution in [-0.2, 0) is 9.53 Å². The number of nitro groups is 1. The Morgan fingerprint density at radius 1 is 1.14 bits per heavy atom. The molecular formula is C19H19N3O6. The number of nitrogens with one attached hydrogen (secondary N) is 2. The number of esters is 1. The van der Waals surface area contributed by atoms with Crippen LogP contribution >= 0.6 is 0 Å². The number of carbonyl (C=O) groups excluding carboxylic acids is 3. The summed E-state index contributed by atoms with van der Waals surface area (Å²) in [6, 6.07) is 10.0. The maximum atomic E-state index is 12.4. The van der Waals surface area contributed by atoms with Gasteiger partial charge in [-0.3, -0.25) is 19.7 Å². The molecule has 2 aromatic rings. The fourth-order valence-electron chi connectivity index (χ4n) is 2.37. The summed E-state index contributed by atoms with van der Waals surface area (Å²) in [7, 11) is 1.55. The average Bonchev–Trinajstić information content (AvgIpc) is 2.67. The van der Waals surface area contributed by atoms with Crippen LogP contribution in [0.4, 0.5) is 17.1 Å². The van der Waals surface area contributed by atoms with E-state index in [1.54, 1.807) is 25.2 Å². The number of nitrogens with zero attached hydrogens (tertiary/aromatic N) is 1. The highest BCUT2D eigenvalue weighted by Gasteiger charge is 2.23. The number of nitro benzene ring substituents is 1. The van der Waals surface area contributed by atoms with Gasteiger partial charge in [0.15, 0.2) is 11.9 Å². The van der Waals surface area contributed by atoms with Crippen molar-refractivity contribution in [3.63, 3.8) is 0 Å². The summed E-state index contributed by atoms with van der Waals surface area (Å²) in [5.41, 5.74) is 0.806. The summed E-state index contributed by atoms with van der Waals surface area (Å²) in [5.74, 6) is -1.64. The van der Waals surface area contributed by atoms with Gasteiger partial charge in [0.2, 0.25) is 0 Å². The molecule has 0 spiro atoms. The van der Waals surface area contributed by atoms with Gasteiger partial charge in [-0.2, -0.15) is 0 Å². The molecule has 0 aliphatic carbocycles. The Hall–Kier alpha value is -3.75. The first-order chi connectivity index (χ1) is 13.2. The molecule has 2 rings (SSSR count). The Kier molecular flexibility index (Phi) is 6.43. The molecule has 9 heteroatoms. The number of anilines is 2. The normalized spacial score (nSPS) is 11.2. The van der Waals surface area contributed by atoms with Gasteiger partial charge in [-0.1, -0.05) is 12.1 Å². The van der Waals surface area contributed by atoms with E-state index in [-0.39, 0.29) is 17.0 Å². The summed E-state index contributed by atoms with van der Waals surface area (Å²) in [6.45, 7) is 2.78. The van der Waals surface area contributed by atoms with Gasteiger partial charge in [-0.15, -0.1) is 0 Å². The summed E-state index contributed by atoms with van der Waals surface area (Å²) in [5, 5.41) is 16.2. The Labute approximate surface area is 160 Å². The van der Waals surface area contributed by atoms with Crippen molar-refractivity contribution in [1.82, 2.24) is 0 Å². The maximum absolute atomic E-state index is 12.4. The van der Waals surface area contributed by atoms with E-state index >= 15 is 0 Å². The zero-order chi connectivity index (χ0) is 20.8. The Morgan fingerprint density at radius 2 is 1.86 bits per heavy atom. The standard InChI is InChI=1S/C19H19N3O6/c1-11(23)13-5-4-6-14(9-13)21-18(24)12(2)28-19(25)16-10-15(22(26)27)7-8-17(16)20-3/h4-10,12,20H,1-3H3,(H,21,24)/t12-/m0/s1. The predicted molar refractivity (Wildman–Crippen MR) is 103 cm³/mol. The molecular weight excluding hydrogens is 366 g/mol. The second kappa shape index (κ2) is 8.76. The largest absolute Gasteiger partial charge is 0.449 e. The van der Waals surface area contributed by atoms with Crippen LogP contribution in [0.5, 0.6) is 0 Å². The Morgan fingerprint density at radius 3 is 2.46 bits per heavy atom. The number of ketones is 1. The van der Waals surface area contributed by atoms with Gasteiger partial charge in [0.05, 0.1) is 10.5 Å². The number of carbonyl (C=O) groups is 3. The van der Waals surface area contributed by atoms with E-state index in [2.05, 4.69) is 10.6 Å². The second-order valence-corrected chi connectivity index (χ2v) is 5.91. The summed E-state index contributed by atoms with van der Waals surface area (Å²) in [4.78, 5) is 46.4. The molecule has 2 aromatic carbocycles. The molecule has 0 saturated heterocycles. The molecule has 28 heavy (non-hydrogen) atoms. The van der Waals surface area contributed by atoms with Crippen LogP contribution in [0.2, 0.25) is 0 Å². The van der Waals surface area contributed by atoms with Crippen molar-refractivity contribution in [3.8, 4) is 0 Å². The van der Waals surface area contributed by atoms with Crippen LogP contribution < -0.4 is 10.6 Å². The number of ether oxygens (including phenoxy) is 1. The van der Waals surface area contributed by atoms with Crippen molar-refractivity contribution in [2.45, 2.75) is 20.0 Å². The molecule has 0 aliphatic heterocycles. The third-order valence-corrected chi connectivity index (χ3v) is 3.89. The number of hydrogen-bond acceptors (Lipinski definition) is 7. The van der Waals surface area contributed by atoms with E-state index in [9.17, 15) is 24.5 Å². The molecule has 0 fully saturated rings. The summed E-state index contributed by atoms with van der Waals surface area (Å²) in [6.07, 6.45) is -1.17. The molecule has 0 aliphatic rings. The number of amides is 1. The zero-order valence-corrected chi connectivity index (χ0v) is 15.5. The van der Waals surface area contributed by atoms with Crippen LogP contribution in [0.1, 0.15) is 34.6 Å².